The number of Topliss-reactive ketones (excluding diaryl/α,β-unsaturated/α-hetero) is 1. The van der Waals surface area contributed by atoms with E-state index in [1.807, 2.05) is 53.7 Å². The molecule has 0 bridgehead atoms. The molecule has 0 saturated carbocycles. The van der Waals surface area contributed by atoms with E-state index in [1.54, 1.807) is 0 Å². The number of ether oxygens (including phenoxy) is 1. The van der Waals surface area contributed by atoms with Crippen LogP contribution in [0.5, 0.6) is 0 Å². The van der Waals surface area contributed by atoms with Crippen molar-refractivity contribution in [1.82, 2.24) is 0 Å². The zero-order valence-electron chi connectivity index (χ0n) is 16.3. The summed E-state index contributed by atoms with van der Waals surface area (Å²) < 4.78 is 13.5. The van der Waals surface area contributed by atoms with Crippen molar-refractivity contribution < 1.29 is 18.9 Å². The molecule has 0 aliphatic rings. The standard InChI is InChI=1S/C20H30O3.H2OP/c1-7-8-9-23-20(22)17(10-13(2)3)19(21)18-15(5)11-14(4)12-16(18)6;1-2/h11-13,17H,7-10H2,1-6H3;2H2/q;+1. The van der Waals surface area contributed by atoms with Gasteiger partial charge in [0.1, 0.15) is 5.92 Å². The molecule has 25 heavy (non-hydrogen) atoms. The van der Waals surface area contributed by atoms with Crippen molar-refractivity contribution in [3.05, 3.63) is 34.4 Å². The molecule has 1 rings (SSSR count). The maximum Gasteiger partial charge on any atom is 0.316 e. The zero-order chi connectivity index (χ0) is 19.6. The summed E-state index contributed by atoms with van der Waals surface area (Å²) in [6.07, 6.45) is 2.32. The van der Waals surface area contributed by atoms with Gasteiger partial charge in [-0.15, -0.1) is 0 Å². The summed E-state index contributed by atoms with van der Waals surface area (Å²) in [5, 5.41) is 0. The Labute approximate surface area is 154 Å². The largest absolute Gasteiger partial charge is 0.465 e. The average molecular weight is 367 g/mol. The third kappa shape index (κ3) is 7.48. The molecule has 4 nitrogen and oxygen atoms in total. The first-order chi connectivity index (χ1) is 11.8. The molecule has 0 saturated heterocycles. The fourth-order valence-electron chi connectivity index (χ4n) is 2.94. The van der Waals surface area contributed by atoms with E-state index in [4.69, 9.17) is 9.30 Å². The van der Waals surface area contributed by atoms with Gasteiger partial charge in [0.05, 0.1) is 6.61 Å². The van der Waals surface area contributed by atoms with Crippen LogP contribution in [0.4, 0.5) is 0 Å². The predicted molar refractivity (Wildman–Crippen MR) is 104 cm³/mol. The van der Waals surface area contributed by atoms with Crippen LogP contribution in [0.1, 0.15) is 67.1 Å². The molecule has 1 aromatic carbocycles. The van der Waals surface area contributed by atoms with Gasteiger partial charge in [-0.25, -0.2) is 0 Å². The van der Waals surface area contributed by atoms with Crippen molar-refractivity contribution in [2.24, 2.45) is 11.8 Å². The highest BCUT2D eigenvalue weighted by Gasteiger charge is 2.31. The molecule has 0 fully saturated rings. The van der Waals surface area contributed by atoms with E-state index in [1.165, 1.54) is 9.12 Å². The fourth-order valence-corrected chi connectivity index (χ4v) is 2.94. The number of ketones is 1. The highest BCUT2D eigenvalue weighted by atomic mass is 31.0. The highest BCUT2D eigenvalue weighted by Crippen LogP contribution is 2.24. The summed E-state index contributed by atoms with van der Waals surface area (Å²) in [5.41, 5.74) is 3.67. The third-order valence-electron chi connectivity index (χ3n) is 3.97. The van der Waals surface area contributed by atoms with Gasteiger partial charge in [0.25, 0.3) is 0 Å². The van der Waals surface area contributed by atoms with Gasteiger partial charge >= 0.3 is 15.1 Å². The quantitative estimate of drug-likeness (QED) is 0.213. The van der Waals surface area contributed by atoms with Crippen LogP contribution in [0.15, 0.2) is 12.1 Å². The molecular weight excluding hydrogens is 335 g/mol. The van der Waals surface area contributed by atoms with Gasteiger partial charge in [-0.1, -0.05) is 49.5 Å². The maximum absolute atomic E-state index is 13.0. The number of carbonyl (C=O) groups is 2. The Morgan fingerprint density at radius 3 is 2.04 bits per heavy atom. The van der Waals surface area contributed by atoms with Gasteiger partial charge in [0.2, 0.25) is 0 Å². The van der Waals surface area contributed by atoms with Crippen LogP contribution >= 0.6 is 9.12 Å². The smallest absolute Gasteiger partial charge is 0.316 e. The van der Waals surface area contributed by atoms with E-state index in [0.717, 1.165) is 29.5 Å². The van der Waals surface area contributed by atoms with E-state index in [-0.39, 0.29) is 17.7 Å². The Bertz CT molecular complexity index is 558. The first-order valence-electron chi connectivity index (χ1n) is 8.80. The molecule has 2 unspecified atom stereocenters. The van der Waals surface area contributed by atoms with E-state index < -0.39 is 5.92 Å². The van der Waals surface area contributed by atoms with Gasteiger partial charge in [0.15, 0.2) is 5.78 Å². The number of esters is 1. The minimum absolute atomic E-state index is 0.102. The summed E-state index contributed by atoms with van der Waals surface area (Å²) in [6.45, 7) is 12.4. The number of aryl methyl sites for hydroxylation is 3. The lowest BCUT2D eigenvalue weighted by Gasteiger charge is -2.19. The molecular formula is C20H32O4P+. The van der Waals surface area contributed by atoms with Gasteiger partial charge in [-0.2, -0.15) is 0 Å². The summed E-state index contributed by atoms with van der Waals surface area (Å²) in [7, 11) is 1.17. The maximum atomic E-state index is 13.0. The van der Waals surface area contributed by atoms with Crippen LogP contribution in [-0.2, 0) is 14.1 Å². The molecule has 1 aromatic rings. The summed E-state index contributed by atoms with van der Waals surface area (Å²) in [5.74, 6) is -0.924. The topological polar surface area (TPSA) is 60.4 Å². The molecule has 0 aliphatic carbocycles. The minimum Gasteiger partial charge on any atom is -0.465 e. The number of hydrogen-bond acceptors (Lipinski definition) is 4. The van der Waals surface area contributed by atoms with Crippen LogP contribution < -0.4 is 0 Å². The lowest BCUT2D eigenvalue weighted by molar-refractivity contribution is -0.147. The number of rotatable bonds is 8. The van der Waals surface area contributed by atoms with Crippen molar-refractivity contribution in [3.63, 3.8) is 0 Å². The van der Waals surface area contributed by atoms with Crippen LogP contribution in [0.2, 0.25) is 0 Å². The van der Waals surface area contributed by atoms with E-state index in [2.05, 4.69) is 0 Å². The Balaban J connectivity index is 0.00000277. The van der Waals surface area contributed by atoms with Gasteiger partial charge in [-0.05, 0) is 50.7 Å². The molecule has 0 radical (unpaired) electrons. The second-order valence-electron chi connectivity index (χ2n) is 6.84. The van der Waals surface area contributed by atoms with Crippen molar-refractivity contribution >= 4 is 20.9 Å². The lowest BCUT2D eigenvalue weighted by atomic mass is 9.85. The third-order valence-corrected chi connectivity index (χ3v) is 3.97. The van der Waals surface area contributed by atoms with Crippen LogP contribution in [0.25, 0.3) is 0 Å². The van der Waals surface area contributed by atoms with Crippen LogP contribution in [-0.4, -0.2) is 18.4 Å². The number of benzene rings is 1. The highest BCUT2D eigenvalue weighted by molar-refractivity contribution is 7.00. The van der Waals surface area contributed by atoms with E-state index in [0.29, 0.717) is 18.6 Å². The van der Waals surface area contributed by atoms with E-state index >= 15 is 0 Å². The molecule has 0 amide bonds. The summed E-state index contributed by atoms with van der Waals surface area (Å²) in [6, 6.07) is 3.99. The number of unbranched alkanes of at least 4 members (excludes halogenated alkanes) is 1. The van der Waals surface area contributed by atoms with Gasteiger partial charge in [0, 0.05) is 5.56 Å². The van der Waals surface area contributed by atoms with Crippen LogP contribution in [0, 0.1) is 32.6 Å². The second kappa shape index (κ2) is 11.9. The molecule has 0 spiro atoms. The molecule has 0 N–H and O–H groups in total. The zero-order valence-corrected chi connectivity index (χ0v) is 17.5. The Hall–Kier alpha value is -1.54. The Morgan fingerprint density at radius 1 is 1.08 bits per heavy atom. The first-order valence-corrected chi connectivity index (χ1v) is 9.27. The van der Waals surface area contributed by atoms with Gasteiger partial charge in [-0.3, -0.25) is 9.59 Å². The van der Waals surface area contributed by atoms with E-state index in [9.17, 15) is 9.59 Å². The monoisotopic (exact) mass is 367 g/mol. The molecule has 0 heterocycles. The normalized spacial score (nSPS) is 11.5. The number of hydrogen-bond donors (Lipinski definition) is 0. The average Bonchev–Trinajstić information content (AvgIpc) is 2.53. The van der Waals surface area contributed by atoms with Crippen LogP contribution in [0.3, 0.4) is 0 Å². The molecule has 140 valence electrons. The SMILES string of the molecule is CCCCOC(=O)C(CC(C)C)C(=O)c1c(C)cc(C)cc1C.O=[PH2+]. The van der Waals surface area contributed by atoms with Crippen molar-refractivity contribution in [3.8, 4) is 0 Å². The van der Waals surface area contributed by atoms with Crippen molar-refractivity contribution in [1.29, 1.82) is 0 Å². The predicted octanol–water partition coefficient (Wildman–Crippen LogP) is 5.01. The summed E-state index contributed by atoms with van der Waals surface area (Å²) >= 11 is 0. The minimum atomic E-state index is -0.702. The summed E-state index contributed by atoms with van der Waals surface area (Å²) in [4.78, 5) is 25.4. The molecule has 0 aliphatic heterocycles. The lowest BCUT2D eigenvalue weighted by Crippen LogP contribution is -2.29. The molecule has 0 aromatic heterocycles. The Kier molecular flexibility index (Phi) is 11.2. The second-order valence-corrected chi connectivity index (χ2v) is 6.84. The fraction of sp³-hybridized carbons (Fsp3) is 0.600. The van der Waals surface area contributed by atoms with Gasteiger partial charge < -0.3 is 4.74 Å². The Morgan fingerprint density at radius 2 is 1.60 bits per heavy atom. The first kappa shape index (κ1) is 23.5. The number of carbonyl (C=O) groups excluding carboxylic acids is 2. The molecule has 5 heteroatoms. The van der Waals surface area contributed by atoms with Crippen molar-refractivity contribution in [2.45, 2.75) is 60.8 Å². The van der Waals surface area contributed by atoms with Crippen molar-refractivity contribution in [2.75, 3.05) is 6.61 Å². The molecule has 2 atom stereocenters.